The Morgan fingerprint density at radius 1 is 1.02 bits per heavy atom. The van der Waals surface area contributed by atoms with Gasteiger partial charge >= 0.3 is 150 Å². The van der Waals surface area contributed by atoms with Crippen molar-refractivity contribution in [1.29, 1.82) is 0 Å². The van der Waals surface area contributed by atoms with Gasteiger partial charge in [0.15, 0.2) is 0 Å². The van der Waals surface area contributed by atoms with Gasteiger partial charge in [-0.1, -0.05) is 11.6 Å². The quantitative estimate of drug-likeness (QED) is 0.120. The van der Waals surface area contributed by atoms with Crippen molar-refractivity contribution in [2.24, 2.45) is 11.8 Å². The molecule has 2 aromatic rings. The van der Waals surface area contributed by atoms with Crippen LogP contribution in [0.25, 0.3) is 0 Å². The molecule has 232 valence electrons. The Morgan fingerprint density at radius 2 is 1.47 bits per heavy atom. The summed E-state index contributed by atoms with van der Waals surface area (Å²) in [5.74, 6) is 1.02. The van der Waals surface area contributed by atoms with Crippen LogP contribution in [-0.2, 0) is 28.7 Å². The van der Waals surface area contributed by atoms with E-state index in [0.29, 0.717) is 5.15 Å². The van der Waals surface area contributed by atoms with Crippen molar-refractivity contribution in [3.05, 3.63) is 50.8 Å². The van der Waals surface area contributed by atoms with Crippen molar-refractivity contribution in [3.63, 3.8) is 0 Å². The maximum Gasteiger partial charge on any atom is 1.00 e. The van der Waals surface area contributed by atoms with Gasteiger partial charge < -0.3 is 31.3 Å². The largest absolute Gasteiger partial charge is 1.00 e. The number of hydrogen-bond donors (Lipinski definition) is 1. The van der Waals surface area contributed by atoms with E-state index in [9.17, 15) is 14.0 Å². The Balaban J connectivity index is -0.000000259. The second-order valence-electron chi connectivity index (χ2n) is 8.16. The number of anilines is 1. The van der Waals surface area contributed by atoms with Crippen LogP contribution in [0.5, 0.6) is 0 Å². The van der Waals surface area contributed by atoms with Gasteiger partial charge in [-0.05, 0) is 94.9 Å². The average Bonchev–Trinajstić information content (AvgIpc) is 3.03. The maximum absolute atomic E-state index is 11.4. The number of nitrogens with one attached hydrogen (secondary N) is 1. The Bertz CT molecular complexity index is 999. The Kier molecular flexibility index (Phi) is 35.1. The molecule has 0 aliphatic carbocycles. The monoisotopic (exact) mass is 995 g/mol. The van der Waals surface area contributed by atoms with Crippen molar-refractivity contribution < 1.29 is 179 Å². The Morgan fingerprint density at radius 3 is 1.81 bits per heavy atom. The molecule has 11 nitrogen and oxygen atoms in total. The van der Waals surface area contributed by atoms with Crippen LogP contribution in [0, 0.1) is 11.8 Å². The van der Waals surface area contributed by atoms with Crippen LogP contribution in [0.1, 0.15) is 28.5 Å². The first-order chi connectivity index (χ1) is 20.2. The molecule has 17 heteroatoms. The number of pyridine rings is 2. The van der Waals surface area contributed by atoms with Crippen molar-refractivity contribution in [2.45, 2.75) is 25.7 Å². The van der Waals surface area contributed by atoms with Gasteiger partial charge in [0, 0.05) is 34.4 Å². The molecule has 0 unspecified atom stereocenters. The zero-order chi connectivity index (χ0) is 31.8. The molecule has 1 N–H and O–H groups in total. The van der Waals surface area contributed by atoms with Crippen LogP contribution in [0.4, 0.5) is 10.2 Å². The number of piperidine rings is 2. The minimum atomic E-state index is -1.00. The fraction of sp³-hybridized carbons (Fsp3) is 0.500. The number of carbonyl (C=O) groups is 3. The molecule has 2 fully saturated rings. The van der Waals surface area contributed by atoms with E-state index in [1.165, 1.54) is 14.2 Å². The molecule has 2 saturated heterocycles. The van der Waals surface area contributed by atoms with Gasteiger partial charge in [-0.2, -0.15) is 0 Å². The second-order valence-corrected chi connectivity index (χ2v) is 10.4. The average molecular weight is 998 g/mol. The Hall–Kier alpha value is 1.71. The molecule has 2 aliphatic rings. The fourth-order valence-electron chi connectivity index (χ4n) is 3.65. The first kappa shape index (κ1) is 46.8. The van der Waals surface area contributed by atoms with E-state index >= 15 is 0 Å². The van der Waals surface area contributed by atoms with Crippen molar-refractivity contribution in [1.82, 2.24) is 15.3 Å². The Labute approximate surface area is 394 Å². The van der Waals surface area contributed by atoms with Crippen LogP contribution in [0.15, 0.2) is 45.6 Å². The van der Waals surface area contributed by atoms with E-state index in [2.05, 4.69) is 61.7 Å². The van der Waals surface area contributed by atoms with E-state index in [4.69, 9.17) is 27.8 Å². The van der Waals surface area contributed by atoms with E-state index < -0.39 is 7.15 Å². The van der Waals surface area contributed by atoms with Gasteiger partial charge in [0.05, 0.1) is 34.6 Å². The van der Waals surface area contributed by atoms with E-state index in [-0.39, 0.29) is 169 Å². The molecular formula is C26H36Br2ClCs2FN4O7. The number of alkyl halides is 1. The number of halogens is 4. The number of hydrogen-bond acceptors (Lipinski definition) is 11. The number of ether oxygens (including phenoxy) is 2. The number of nitrogens with zero attached hydrogens (tertiary/aromatic N) is 3. The molecule has 2 aliphatic heterocycles. The van der Waals surface area contributed by atoms with Crippen LogP contribution in [-0.4, -0.2) is 75.9 Å². The maximum atomic E-state index is 11.4. The second kappa shape index (κ2) is 32.3. The van der Waals surface area contributed by atoms with E-state index in [0.717, 1.165) is 66.6 Å². The predicted molar refractivity (Wildman–Crippen MR) is 159 cm³/mol. The van der Waals surface area contributed by atoms with Crippen molar-refractivity contribution in [2.75, 3.05) is 52.5 Å². The minimum Gasteiger partial charge on any atom is -1.00 e. The van der Waals surface area contributed by atoms with Crippen LogP contribution in [0.2, 0.25) is 5.15 Å². The first-order valence-corrected chi connectivity index (χ1v) is 14.2. The van der Waals surface area contributed by atoms with Crippen molar-refractivity contribution in [3.8, 4) is 0 Å². The molecular weight excluding hydrogens is 960 g/mol. The van der Waals surface area contributed by atoms with Gasteiger partial charge in [0.25, 0.3) is 6.47 Å². The molecule has 2 aromatic heterocycles. The normalized spacial score (nSPS) is 14.1. The zero-order valence-electron chi connectivity index (χ0n) is 26.8. The van der Waals surface area contributed by atoms with Gasteiger partial charge in [0.1, 0.15) is 11.0 Å². The zero-order valence-corrected chi connectivity index (χ0v) is 41.3. The molecule has 0 bridgehead atoms. The van der Waals surface area contributed by atoms with Crippen LogP contribution >= 0.6 is 43.5 Å². The SMILES string of the molecule is COC(=O)C1CCN(c2ccc(Br)cn2)CC1.COC(=O)C1CCNCC1.Clc1ccc(Br)cn1.O=CO[O-].[2H]CF.[Cs+].[Cs+].[H-]. The summed E-state index contributed by atoms with van der Waals surface area (Å²) in [7, 11) is 1.90. The molecule has 0 radical (unpaired) electrons. The summed E-state index contributed by atoms with van der Waals surface area (Å²) in [5.41, 5.74) is 0. The number of rotatable bonds is 4. The van der Waals surface area contributed by atoms with Gasteiger partial charge in [0.2, 0.25) is 0 Å². The minimum absolute atomic E-state index is 0. The topological polar surface area (TPSA) is 143 Å². The summed E-state index contributed by atoms with van der Waals surface area (Å²) in [6.45, 7) is 3.42. The third kappa shape index (κ3) is 23.6. The van der Waals surface area contributed by atoms with Crippen molar-refractivity contribution >= 4 is 67.7 Å². The number of esters is 2. The third-order valence-corrected chi connectivity index (χ3v) is 6.83. The standard InChI is InChI=1S/C12H15BrN2O2.C7H13NO2.C5H3BrClN.CH3F.CH2O3.2Cs.H/c1-17-12(16)9-4-6-15(7-5-9)11-3-2-10(13)8-14-11;1-10-7(9)6-2-4-8-5-3-6;6-4-1-2-5(7)8-3-4;1-2;2-1-4-3;;;/h2-3,8-9H,4-7H2,1H3;6,8H,2-5H2,1H3;1-3H;1H3;1,3H;;;/q;;;;;2*+1;-1/p-1/i;;;1D;;;;. The molecule has 0 aromatic carbocycles. The number of aromatic nitrogens is 2. The van der Waals surface area contributed by atoms with Gasteiger partial charge in [-0.15, -0.1) is 0 Å². The summed E-state index contributed by atoms with van der Waals surface area (Å²) in [5, 5.41) is 12.1. The molecule has 0 atom stereocenters. The van der Waals surface area contributed by atoms with E-state index in [1.54, 1.807) is 18.5 Å². The first-order valence-electron chi connectivity index (χ1n) is 12.9. The summed E-state index contributed by atoms with van der Waals surface area (Å²) >= 11 is 12.1. The van der Waals surface area contributed by atoms with Gasteiger partial charge in [-0.3, -0.25) is 18.8 Å². The smallest absolute Gasteiger partial charge is 1.00 e. The van der Waals surface area contributed by atoms with Crippen LogP contribution in [0.3, 0.4) is 0 Å². The summed E-state index contributed by atoms with van der Waals surface area (Å²) < 4.78 is 26.8. The third-order valence-electron chi connectivity index (χ3n) is 5.67. The molecule has 43 heavy (non-hydrogen) atoms. The molecule has 4 rings (SSSR count). The fourth-order valence-corrected chi connectivity index (χ4v) is 4.23. The summed E-state index contributed by atoms with van der Waals surface area (Å²) in [6, 6.07) is 7.54. The summed E-state index contributed by atoms with van der Waals surface area (Å²) in [6.07, 6.45) is 6.97. The van der Waals surface area contributed by atoms with E-state index in [1.807, 2.05) is 18.2 Å². The molecule has 4 heterocycles. The van der Waals surface area contributed by atoms with Gasteiger partial charge in [-0.25, -0.2) is 9.97 Å². The predicted octanol–water partition coefficient (Wildman–Crippen LogP) is -1.97. The molecule has 0 amide bonds. The molecule has 0 spiro atoms. The number of carbonyl (C=O) groups excluding carboxylic acids is 3. The number of methoxy groups -OCH3 is 2. The molecule has 0 saturated carbocycles. The summed E-state index contributed by atoms with van der Waals surface area (Å²) in [4.78, 5) is 43.9. The van der Waals surface area contributed by atoms with Crippen LogP contribution < -0.4 is 153 Å².